The molecule has 0 aliphatic rings. The number of fused-ring (bicyclic) bond motifs is 1. The Hall–Kier alpha value is -1.44. The number of hydrogen-bond acceptors (Lipinski definition) is 0. The van der Waals surface area contributed by atoms with E-state index in [2.05, 4.69) is 0 Å². The molecular formula is C11H8F2. The molecule has 0 unspecified atom stereocenters. The molecule has 0 amide bonds. The van der Waals surface area contributed by atoms with Crippen molar-refractivity contribution in [1.82, 2.24) is 0 Å². The third kappa shape index (κ3) is 1.28. The summed E-state index contributed by atoms with van der Waals surface area (Å²) in [5.41, 5.74) is 0.567. The normalized spacial score (nSPS) is 10.7. The van der Waals surface area contributed by atoms with Gasteiger partial charge in [0.25, 0.3) is 0 Å². The van der Waals surface area contributed by atoms with Gasteiger partial charge in [-0.25, -0.2) is 8.78 Å². The van der Waals surface area contributed by atoms with Crippen LogP contribution in [0.3, 0.4) is 0 Å². The van der Waals surface area contributed by atoms with Crippen LogP contribution in [0, 0.1) is 18.6 Å². The molecule has 2 heteroatoms. The molecule has 0 saturated heterocycles. The number of halogens is 2. The summed E-state index contributed by atoms with van der Waals surface area (Å²) in [5, 5.41) is 1.50. The van der Waals surface area contributed by atoms with E-state index in [1.54, 1.807) is 19.1 Å². The second-order valence-electron chi connectivity index (χ2n) is 3.04. The van der Waals surface area contributed by atoms with Crippen LogP contribution in [-0.4, -0.2) is 0 Å². The van der Waals surface area contributed by atoms with Crippen molar-refractivity contribution in [1.29, 1.82) is 0 Å². The lowest BCUT2D eigenvalue weighted by atomic mass is 10.1. The maximum Gasteiger partial charge on any atom is 0.126 e. The maximum atomic E-state index is 13.1. The monoisotopic (exact) mass is 178 g/mol. The van der Waals surface area contributed by atoms with Crippen LogP contribution in [0.5, 0.6) is 0 Å². The van der Waals surface area contributed by atoms with E-state index < -0.39 is 0 Å². The molecule has 2 rings (SSSR count). The van der Waals surface area contributed by atoms with Crippen LogP contribution in [0.1, 0.15) is 5.56 Å². The Kier molecular flexibility index (Phi) is 1.76. The summed E-state index contributed by atoms with van der Waals surface area (Å²) in [6.07, 6.45) is 0. The lowest BCUT2D eigenvalue weighted by Gasteiger charge is -2.02. The van der Waals surface area contributed by atoms with Crippen molar-refractivity contribution in [2.24, 2.45) is 0 Å². The molecule has 0 aliphatic heterocycles. The quantitative estimate of drug-likeness (QED) is 0.579. The van der Waals surface area contributed by atoms with E-state index in [1.807, 2.05) is 0 Å². The van der Waals surface area contributed by atoms with Crippen molar-refractivity contribution in [3.05, 3.63) is 47.5 Å². The van der Waals surface area contributed by atoms with Crippen molar-refractivity contribution in [2.75, 3.05) is 0 Å². The first kappa shape index (κ1) is 8.17. The average molecular weight is 178 g/mol. The highest BCUT2D eigenvalue weighted by atomic mass is 19.1. The predicted octanol–water partition coefficient (Wildman–Crippen LogP) is 3.43. The second-order valence-corrected chi connectivity index (χ2v) is 3.04. The average Bonchev–Trinajstić information content (AvgIpc) is 2.12. The topological polar surface area (TPSA) is 0 Å². The van der Waals surface area contributed by atoms with Gasteiger partial charge in [0.2, 0.25) is 0 Å². The molecule has 0 fully saturated rings. The Labute approximate surface area is 74.8 Å². The summed E-state index contributed by atoms with van der Waals surface area (Å²) in [6, 6.07) is 7.29. The van der Waals surface area contributed by atoms with Gasteiger partial charge in [0, 0.05) is 0 Å². The first-order valence-electron chi connectivity index (χ1n) is 4.03. The largest absolute Gasteiger partial charge is 0.207 e. The summed E-state index contributed by atoms with van der Waals surface area (Å²) < 4.78 is 25.8. The van der Waals surface area contributed by atoms with E-state index in [9.17, 15) is 8.78 Å². The number of hydrogen-bond donors (Lipinski definition) is 0. The van der Waals surface area contributed by atoms with E-state index in [0.717, 1.165) is 10.8 Å². The SMILES string of the molecule is Cc1c(F)ccc2cc(F)ccc12. The van der Waals surface area contributed by atoms with E-state index in [-0.39, 0.29) is 11.6 Å². The Morgan fingerprint density at radius 3 is 2.54 bits per heavy atom. The number of rotatable bonds is 0. The molecule has 0 radical (unpaired) electrons. The molecule has 13 heavy (non-hydrogen) atoms. The minimum absolute atomic E-state index is 0.251. The van der Waals surface area contributed by atoms with Crippen LogP contribution in [-0.2, 0) is 0 Å². The van der Waals surface area contributed by atoms with Gasteiger partial charge < -0.3 is 0 Å². The Morgan fingerprint density at radius 1 is 1.00 bits per heavy atom. The Balaban J connectivity index is 2.87. The zero-order valence-corrected chi connectivity index (χ0v) is 7.14. The Bertz CT molecular complexity index is 461. The molecule has 0 aliphatic carbocycles. The molecular weight excluding hydrogens is 170 g/mol. The van der Waals surface area contributed by atoms with Gasteiger partial charge in [-0.05, 0) is 41.5 Å². The van der Waals surface area contributed by atoms with Gasteiger partial charge in [-0.3, -0.25) is 0 Å². The molecule has 0 nitrogen and oxygen atoms in total. The predicted molar refractivity (Wildman–Crippen MR) is 48.6 cm³/mol. The molecule has 0 atom stereocenters. The minimum Gasteiger partial charge on any atom is -0.207 e. The maximum absolute atomic E-state index is 13.1. The standard InChI is InChI=1S/C11H8F2/c1-7-10-4-3-9(12)6-8(10)2-5-11(7)13/h2-6H,1H3. The molecule has 0 bridgehead atoms. The van der Waals surface area contributed by atoms with E-state index in [0.29, 0.717) is 5.56 Å². The van der Waals surface area contributed by atoms with Gasteiger partial charge in [-0.1, -0.05) is 12.1 Å². The Morgan fingerprint density at radius 2 is 1.77 bits per heavy atom. The van der Waals surface area contributed by atoms with E-state index in [4.69, 9.17) is 0 Å². The van der Waals surface area contributed by atoms with Crippen molar-refractivity contribution >= 4 is 10.8 Å². The molecule has 0 saturated carbocycles. The van der Waals surface area contributed by atoms with Gasteiger partial charge in [0.05, 0.1) is 0 Å². The fourth-order valence-corrected chi connectivity index (χ4v) is 1.43. The zero-order valence-electron chi connectivity index (χ0n) is 7.14. The minimum atomic E-state index is -0.293. The summed E-state index contributed by atoms with van der Waals surface area (Å²) in [5.74, 6) is -0.544. The third-order valence-corrected chi connectivity index (χ3v) is 2.19. The molecule has 0 N–H and O–H groups in total. The van der Waals surface area contributed by atoms with E-state index >= 15 is 0 Å². The highest BCUT2D eigenvalue weighted by molar-refractivity contribution is 5.85. The highest BCUT2D eigenvalue weighted by Crippen LogP contribution is 2.21. The lowest BCUT2D eigenvalue weighted by Crippen LogP contribution is -1.85. The van der Waals surface area contributed by atoms with Gasteiger partial charge in [-0.2, -0.15) is 0 Å². The van der Waals surface area contributed by atoms with Gasteiger partial charge in [-0.15, -0.1) is 0 Å². The van der Waals surface area contributed by atoms with Crippen molar-refractivity contribution in [3.63, 3.8) is 0 Å². The molecule has 0 aromatic heterocycles. The van der Waals surface area contributed by atoms with Gasteiger partial charge in [0.1, 0.15) is 11.6 Å². The van der Waals surface area contributed by atoms with Crippen molar-refractivity contribution < 1.29 is 8.78 Å². The molecule has 66 valence electrons. The van der Waals surface area contributed by atoms with Gasteiger partial charge >= 0.3 is 0 Å². The molecule has 0 heterocycles. The van der Waals surface area contributed by atoms with Crippen LogP contribution >= 0.6 is 0 Å². The first-order chi connectivity index (χ1) is 6.18. The zero-order chi connectivity index (χ0) is 9.42. The van der Waals surface area contributed by atoms with Gasteiger partial charge in [0.15, 0.2) is 0 Å². The second kappa shape index (κ2) is 2.80. The molecule has 2 aromatic carbocycles. The van der Waals surface area contributed by atoms with Crippen molar-refractivity contribution in [3.8, 4) is 0 Å². The summed E-state index contributed by atoms with van der Waals surface area (Å²) in [7, 11) is 0. The smallest absolute Gasteiger partial charge is 0.126 e. The van der Waals surface area contributed by atoms with Crippen LogP contribution in [0.2, 0.25) is 0 Å². The summed E-state index contributed by atoms with van der Waals surface area (Å²) in [4.78, 5) is 0. The number of benzene rings is 2. The summed E-state index contributed by atoms with van der Waals surface area (Å²) >= 11 is 0. The van der Waals surface area contributed by atoms with Crippen LogP contribution in [0.25, 0.3) is 10.8 Å². The first-order valence-corrected chi connectivity index (χ1v) is 4.03. The van der Waals surface area contributed by atoms with Crippen LogP contribution in [0.15, 0.2) is 30.3 Å². The van der Waals surface area contributed by atoms with E-state index in [1.165, 1.54) is 18.2 Å². The molecule has 2 aromatic rings. The van der Waals surface area contributed by atoms with Crippen molar-refractivity contribution in [2.45, 2.75) is 6.92 Å². The highest BCUT2D eigenvalue weighted by Gasteiger charge is 2.02. The number of aryl methyl sites for hydroxylation is 1. The summed E-state index contributed by atoms with van der Waals surface area (Å²) in [6.45, 7) is 1.69. The molecule has 0 spiro atoms. The van der Waals surface area contributed by atoms with Crippen LogP contribution < -0.4 is 0 Å². The lowest BCUT2D eigenvalue weighted by molar-refractivity contribution is 0.619. The van der Waals surface area contributed by atoms with Crippen LogP contribution in [0.4, 0.5) is 8.78 Å². The fourth-order valence-electron chi connectivity index (χ4n) is 1.43. The third-order valence-electron chi connectivity index (χ3n) is 2.19. The fraction of sp³-hybridized carbons (Fsp3) is 0.0909.